The molecule has 5 heterocycles. The van der Waals surface area contributed by atoms with Gasteiger partial charge in [-0.3, -0.25) is 6.29 Å². The first kappa shape index (κ1) is 39.0. The van der Waals surface area contributed by atoms with Crippen LogP contribution in [0.5, 0.6) is 0 Å². The summed E-state index contributed by atoms with van der Waals surface area (Å²) in [5.41, 5.74) is 19.9. The molecule has 3 aromatic heterocycles. The third-order valence-electron chi connectivity index (χ3n) is 10.1. The number of carbonyl (C=O) groups excluding carboxylic acids is 1. The Labute approximate surface area is 347 Å². The van der Waals surface area contributed by atoms with Crippen LogP contribution in [0, 0.1) is 27.7 Å². The zero-order valence-corrected chi connectivity index (χ0v) is 35.0. The molecule has 0 saturated carbocycles. The van der Waals surface area contributed by atoms with Crippen molar-refractivity contribution in [3.05, 3.63) is 166 Å². The van der Waals surface area contributed by atoms with Crippen molar-refractivity contribution in [3.8, 4) is 44.5 Å². The number of rotatable bonds is 5. The largest absolute Gasteiger partial charge is 3.00 e. The van der Waals surface area contributed by atoms with Gasteiger partial charge >= 0.3 is 20.1 Å². The third-order valence-corrected chi connectivity index (χ3v) is 10.1. The van der Waals surface area contributed by atoms with Crippen LogP contribution in [0.25, 0.3) is 90.9 Å². The Morgan fingerprint density at radius 3 is 0.807 bits per heavy atom. The van der Waals surface area contributed by atoms with E-state index in [0.717, 1.165) is 89.4 Å². The van der Waals surface area contributed by atoms with E-state index in [1.807, 2.05) is 0 Å². The Bertz CT molecular complexity index is 2430. The second-order valence-corrected chi connectivity index (χ2v) is 14.3. The first-order valence-corrected chi connectivity index (χ1v) is 19.0. The summed E-state index contributed by atoms with van der Waals surface area (Å²) in [5, 5.41) is 0. The van der Waals surface area contributed by atoms with Crippen molar-refractivity contribution < 1.29 is 24.9 Å². The van der Waals surface area contributed by atoms with E-state index in [-0.39, 0.29) is 20.1 Å². The molecule has 0 atom stereocenters. The smallest absolute Gasteiger partial charge is 0.657 e. The normalized spacial score (nSPS) is 11.5. The van der Waals surface area contributed by atoms with E-state index in [9.17, 15) is 0 Å². The first-order chi connectivity index (χ1) is 27.3. The van der Waals surface area contributed by atoms with Crippen molar-refractivity contribution in [1.29, 1.82) is 0 Å². The molecule has 5 nitrogen and oxygen atoms in total. The van der Waals surface area contributed by atoms with Crippen LogP contribution >= 0.6 is 0 Å². The molecule has 0 N–H and O–H groups in total. The Kier molecular flexibility index (Phi) is 11.6. The molecular weight excluding hydrogens is 877 g/mol. The zero-order chi connectivity index (χ0) is 38.8. The van der Waals surface area contributed by atoms with Gasteiger partial charge in [-0.1, -0.05) is 151 Å². The molecule has 6 heteroatoms. The fraction of sp³-hybridized carbons (Fsp3) is 0.118. The molecule has 7 aromatic rings. The minimum Gasteiger partial charge on any atom is -0.657 e. The molecule has 0 saturated heterocycles. The van der Waals surface area contributed by atoms with E-state index in [0.29, 0.717) is 6.42 Å². The average Bonchev–Trinajstić information content (AvgIpc) is 4.06. The Morgan fingerprint density at radius 1 is 0.404 bits per heavy atom. The van der Waals surface area contributed by atoms with Gasteiger partial charge in [0.15, 0.2) is 0 Å². The van der Waals surface area contributed by atoms with Gasteiger partial charge in [-0.25, -0.2) is 9.97 Å². The molecular formula is C51H41IrN4O. The number of hydrogen-bond donors (Lipinski definition) is 0. The molecule has 0 aliphatic carbocycles. The minimum atomic E-state index is 0. The van der Waals surface area contributed by atoms with Crippen LogP contribution in [0.2, 0.25) is 0 Å². The fourth-order valence-electron chi connectivity index (χ4n) is 7.15. The maximum Gasteiger partial charge on any atom is 3.00 e. The van der Waals surface area contributed by atoms with E-state index in [4.69, 9.17) is 24.7 Å². The Morgan fingerprint density at radius 2 is 0.614 bits per heavy atom. The predicted octanol–water partition coefficient (Wildman–Crippen LogP) is 12.3. The number of nitrogens with zero attached hydrogens (tertiary/aromatic N) is 4. The first-order valence-electron chi connectivity index (χ1n) is 19.0. The van der Waals surface area contributed by atoms with Crippen LogP contribution in [0.3, 0.4) is 0 Å². The number of aromatic nitrogens is 4. The van der Waals surface area contributed by atoms with Gasteiger partial charge in [-0.15, -0.1) is 22.1 Å². The van der Waals surface area contributed by atoms with Crippen molar-refractivity contribution in [1.82, 2.24) is 19.9 Å². The molecule has 0 spiro atoms. The number of fused-ring (bicyclic) bond motifs is 8. The van der Waals surface area contributed by atoms with E-state index in [1.54, 1.807) is 13.2 Å². The second kappa shape index (κ2) is 16.9. The van der Waals surface area contributed by atoms with Gasteiger partial charge in [0, 0.05) is 0 Å². The van der Waals surface area contributed by atoms with Crippen LogP contribution in [0.15, 0.2) is 121 Å². The summed E-state index contributed by atoms with van der Waals surface area (Å²) >= 11 is 0. The molecule has 2 aliphatic rings. The summed E-state index contributed by atoms with van der Waals surface area (Å²) < 4.78 is 0. The number of aryl methyl sites for hydroxylation is 4. The van der Waals surface area contributed by atoms with Crippen LogP contribution in [-0.4, -0.2) is 16.3 Å². The molecule has 8 bridgehead atoms. The van der Waals surface area contributed by atoms with Crippen LogP contribution in [-0.2, 0) is 24.9 Å². The molecule has 0 amide bonds. The van der Waals surface area contributed by atoms with Crippen molar-refractivity contribution in [2.75, 3.05) is 0 Å². The van der Waals surface area contributed by atoms with Crippen LogP contribution < -0.4 is 9.97 Å². The molecule has 0 radical (unpaired) electrons. The van der Waals surface area contributed by atoms with Gasteiger partial charge in [0.2, 0.25) is 0 Å². The Hall–Kier alpha value is -6.20. The molecule has 2 aliphatic heterocycles. The maximum atomic E-state index is 9.05. The van der Waals surface area contributed by atoms with Gasteiger partial charge in [0.25, 0.3) is 0 Å². The van der Waals surface area contributed by atoms with E-state index < -0.39 is 0 Å². The molecule has 9 rings (SSSR count). The van der Waals surface area contributed by atoms with Crippen LogP contribution in [0.1, 0.15) is 58.4 Å². The monoisotopic (exact) mass is 918 g/mol. The maximum absolute atomic E-state index is 9.05. The molecule has 0 unspecified atom stereocenters. The summed E-state index contributed by atoms with van der Waals surface area (Å²) in [4.78, 5) is 30.5. The topological polar surface area (TPSA) is 71.1 Å². The summed E-state index contributed by atoms with van der Waals surface area (Å²) in [5.74, 6) is 0. The molecule has 4 aromatic carbocycles. The van der Waals surface area contributed by atoms with Crippen molar-refractivity contribution in [3.63, 3.8) is 0 Å². The zero-order valence-electron chi connectivity index (χ0n) is 32.6. The summed E-state index contributed by atoms with van der Waals surface area (Å²) in [7, 11) is 0. The third kappa shape index (κ3) is 8.06. The van der Waals surface area contributed by atoms with Gasteiger partial charge in [0.1, 0.15) is 0 Å². The quantitative estimate of drug-likeness (QED) is 0.161. The van der Waals surface area contributed by atoms with Crippen molar-refractivity contribution >= 4 is 52.7 Å². The molecule has 0 fully saturated rings. The predicted molar refractivity (Wildman–Crippen MR) is 233 cm³/mol. The SMILES string of the molecule is CC[C-]=O.Cc1ccc(-c2c3nc(c(-c4ccc(C)cc4)c4ccc([n-]4)c(-c4ccc(C)cc4)c4nc(c(-c5ccc(C)cc5)c5ccc2[n-]5)C=C4)C=C3)cc1.[Ir+3]. The molecule has 57 heavy (non-hydrogen) atoms. The average molecular weight is 918 g/mol. The fourth-order valence-corrected chi connectivity index (χ4v) is 7.15. The van der Waals surface area contributed by atoms with E-state index >= 15 is 0 Å². The van der Waals surface area contributed by atoms with E-state index in [1.165, 1.54) is 22.3 Å². The van der Waals surface area contributed by atoms with E-state index in [2.05, 4.69) is 173 Å². The Balaban J connectivity index is 0.000000949. The second-order valence-electron chi connectivity index (χ2n) is 14.3. The number of hydrogen-bond acceptors (Lipinski definition) is 3. The summed E-state index contributed by atoms with van der Waals surface area (Å²) in [6.07, 6.45) is 10.7. The summed E-state index contributed by atoms with van der Waals surface area (Å²) in [6, 6.07) is 43.0. The van der Waals surface area contributed by atoms with Gasteiger partial charge in [0.05, 0.1) is 22.8 Å². The van der Waals surface area contributed by atoms with Crippen molar-refractivity contribution in [2.24, 2.45) is 0 Å². The van der Waals surface area contributed by atoms with Gasteiger partial charge in [-0.05, 0) is 96.5 Å². The van der Waals surface area contributed by atoms with Gasteiger partial charge in [-0.2, -0.15) is 6.42 Å². The van der Waals surface area contributed by atoms with Crippen molar-refractivity contribution in [2.45, 2.75) is 41.0 Å². The summed E-state index contributed by atoms with van der Waals surface area (Å²) in [6.45, 7) is 10.2. The minimum absolute atomic E-state index is 0. The molecule has 280 valence electrons. The standard InChI is InChI=1S/C48H36N4.C3H5O.Ir/c1-29-5-13-33(14-6-29)45-37-21-23-39(49-37)46(34-15-7-30(2)8-16-34)41-25-27-43(51-41)48(36-19-11-32(4)12-20-36)44-28-26-42(52-44)47(40-24-22-38(45)50-40)35-17-9-31(3)10-18-35;1-2-3-4;/h5-28H,1-4H3;2H2,1H3;/q-2;-1;+3. The number of benzene rings is 4. The van der Waals surface area contributed by atoms with Gasteiger partial charge < -0.3 is 14.8 Å². The van der Waals surface area contributed by atoms with Crippen LogP contribution in [0.4, 0.5) is 0 Å².